The van der Waals surface area contributed by atoms with Crippen molar-refractivity contribution in [3.05, 3.63) is 50.4 Å². The molecule has 3 heterocycles. The lowest BCUT2D eigenvalue weighted by atomic mass is 10.1. The van der Waals surface area contributed by atoms with Crippen molar-refractivity contribution in [3.63, 3.8) is 0 Å². The SMILES string of the molecule is CS(=O)(=O)CC(c1ccc2c(c1)OCCO2)N1C(=O)c2csc([N+](=O)[O-])c2C1=O. The Morgan fingerprint density at radius 3 is 2.55 bits per heavy atom. The number of ether oxygens (including phenoxy) is 2. The van der Waals surface area contributed by atoms with E-state index < -0.39 is 43.4 Å². The molecule has 2 aliphatic heterocycles. The molecule has 2 amide bonds. The molecule has 0 aliphatic carbocycles. The zero-order chi connectivity index (χ0) is 20.9. The van der Waals surface area contributed by atoms with Crippen LogP contribution in [-0.2, 0) is 9.84 Å². The fraction of sp³-hybridized carbons (Fsp3) is 0.294. The Morgan fingerprint density at radius 1 is 1.21 bits per heavy atom. The van der Waals surface area contributed by atoms with Gasteiger partial charge in [-0.05, 0) is 17.7 Å². The van der Waals surface area contributed by atoms with Gasteiger partial charge in [-0.15, -0.1) is 0 Å². The lowest BCUT2D eigenvalue weighted by Gasteiger charge is -2.27. The summed E-state index contributed by atoms with van der Waals surface area (Å²) in [4.78, 5) is 37.1. The molecular weight excluding hydrogens is 424 g/mol. The molecule has 1 aromatic heterocycles. The van der Waals surface area contributed by atoms with Gasteiger partial charge in [0.2, 0.25) is 0 Å². The van der Waals surface area contributed by atoms with Crippen LogP contribution in [0.2, 0.25) is 0 Å². The number of nitro groups is 1. The molecule has 1 unspecified atom stereocenters. The fourth-order valence-corrected chi connectivity index (χ4v) is 5.11. The number of sulfone groups is 1. The van der Waals surface area contributed by atoms with Gasteiger partial charge in [-0.3, -0.25) is 24.6 Å². The van der Waals surface area contributed by atoms with E-state index in [0.717, 1.165) is 11.2 Å². The van der Waals surface area contributed by atoms with E-state index in [4.69, 9.17) is 9.47 Å². The highest BCUT2D eigenvalue weighted by Gasteiger charge is 2.47. The predicted octanol–water partition coefficient (Wildman–Crippen LogP) is 1.81. The average molecular weight is 438 g/mol. The molecule has 152 valence electrons. The minimum atomic E-state index is -3.62. The highest BCUT2D eigenvalue weighted by molar-refractivity contribution is 7.90. The number of thiophene rings is 1. The zero-order valence-corrected chi connectivity index (χ0v) is 16.6. The van der Waals surface area contributed by atoms with Gasteiger partial charge in [-0.1, -0.05) is 17.4 Å². The first kappa shape index (κ1) is 19.3. The zero-order valence-electron chi connectivity index (χ0n) is 15.0. The molecule has 2 aliphatic rings. The van der Waals surface area contributed by atoms with Crippen molar-refractivity contribution in [2.75, 3.05) is 25.2 Å². The summed E-state index contributed by atoms with van der Waals surface area (Å²) < 4.78 is 35.0. The van der Waals surface area contributed by atoms with Gasteiger partial charge in [0, 0.05) is 11.6 Å². The third-order valence-electron chi connectivity index (χ3n) is 4.54. The van der Waals surface area contributed by atoms with Gasteiger partial charge in [0.15, 0.2) is 11.5 Å². The summed E-state index contributed by atoms with van der Waals surface area (Å²) in [6.07, 6.45) is 0.987. The second kappa shape index (κ2) is 6.81. The maximum Gasteiger partial charge on any atom is 0.337 e. The second-order valence-corrected chi connectivity index (χ2v) is 9.62. The molecule has 4 rings (SSSR count). The smallest absolute Gasteiger partial charge is 0.337 e. The fourth-order valence-electron chi connectivity index (χ4n) is 3.35. The van der Waals surface area contributed by atoms with E-state index in [1.807, 2.05) is 0 Å². The first-order valence-electron chi connectivity index (χ1n) is 8.38. The molecule has 1 aromatic carbocycles. The van der Waals surface area contributed by atoms with Gasteiger partial charge in [-0.2, -0.15) is 0 Å². The monoisotopic (exact) mass is 438 g/mol. The number of carbonyl (C=O) groups is 2. The Morgan fingerprint density at radius 2 is 1.90 bits per heavy atom. The standard InChI is InChI=1S/C17H14N2O8S2/c1-29(24,25)8-11(9-2-3-12-13(6-9)27-5-4-26-12)18-15(20)10-7-28-17(19(22)23)14(10)16(18)21/h2-3,6-7,11H,4-5,8H2,1H3. The Bertz CT molecular complexity index is 1150. The molecule has 0 spiro atoms. The summed E-state index contributed by atoms with van der Waals surface area (Å²) in [5.74, 6) is -1.36. The second-order valence-electron chi connectivity index (χ2n) is 6.58. The number of amides is 2. The minimum Gasteiger partial charge on any atom is -0.486 e. The number of hydrogen-bond donors (Lipinski definition) is 0. The normalized spacial score (nSPS) is 16.7. The van der Waals surface area contributed by atoms with Gasteiger partial charge in [0.05, 0.1) is 22.3 Å². The minimum absolute atomic E-state index is 0.0947. The third kappa shape index (κ3) is 3.34. The Hall–Kier alpha value is -2.99. The summed E-state index contributed by atoms with van der Waals surface area (Å²) in [6.45, 7) is 0.670. The van der Waals surface area contributed by atoms with Crippen LogP contribution < -0.4 is 9.47 Å². The molecular formula is C17H14N2O8S2. The molecule has 0 fully saturated rings. The first-order valence-corrected chi connectivity index (χ1v) is 11.3. The molecule has 0 bridgehead atoms. The van der Waals surface area contributed by atoms with Gasteiger partial charge in [0.1, 0.15) is 28.6 Å². The summed E-state index contributed by atoms with van der Waals surface area (Å²) in [6, 6.07) is 3.47. The maximum atomic E-state index is 12.9. The van der Waals surface area contributed by atoms with Gasteiger partial charge in [0.25, 0.3) is 11.8 Å². The molecule has 29 heavy (non-hydrogen) atoms. The van der Waals surface area contributed by atoms with E-state index in [-0.39, 0.29) is 11.1 Å². The third-order valence-corrected chi connectivity index (χ3v) is 6.39. The van der Waals surface area contributed by atoms with E-state index in [1.165, 1.54) is 11.4 Å². The first-order chi connectivity index (χ1) is 13.7. The van der Waals surface area contributed by atoms with Crippen LogP contribution in [0.25, 0.3) is 0 Å². The van der Waals surface area contributed by atoms with Gasteiger partial charge >= 0.3 is 5.00 Å². The van der Waals surface area contributed by atoms with Crippen molar-refractivity contribution >= 4 is 38.0 Å². The van der Waals surface area contributed by atoms with Crippen LogP contribution in [0.4, 0.5) is 5.00 Å². The number of imide groups is 1. The topological polar surface area (TPSA) is 133 Å². The van der Waals surface area contributed by atoms with Crippen LogP contribution >= 0.6 is 11.3 Å². The highest BCUT2D eigenvalue weighted by Crippen LogP contribution is 2.41. The largest absolute Gasteiger partial charge is 0.486 e. The highest BCUT2D eigenvalue weighted by atomic mass is 32.2. The average Bonchev–Trinajstić information content (AvgIpc) is 3.20. The number of nitrogens with zero attached hydrogens (tertiary/aromatic N) is 2. The van der Waals surface area contributed by atoms with Crippen LogP contribution in [0.1, 0.15) is 32.3 Å². The Labute approximate surface area is 168 Å². The summed E-state index contributed by atoms with van der Waals surface area (Å²) in [7, 11) is -3.62. The Balaban J connectivity index is 1.80. The lowest BCUT2D eigenvalue weighted by Crippen LogP contribution is -2.38. The van der Waals surface area contributed by atoms with E-state index in [9.17, 15) is 28.1 Å². The molecule has 0 saturated carbocycles. The summed E-state index contributed by atoms with van der Waals surface area (Å²) in [5, 5.41) is 12.0. The van der Waals surface area contributed by atoms with E-state index >= 15 is 0 Å². The van der Waals surface area contributed by atoms with Crippen molar-refractivity contribution in [3.8, 4) is 11.5 Å². The number of rotatable bonds is 5. The molecule has 2 aromatic rings. The van der Waals surface area contributed by atoms with Crippen molar-refractivity contribution in [1.29, 1.82) is 0 Å². The van der Waals surface area contributed by atoms with Crippen LogP contribution in [0.5, 0.6) is 11.5 Å². The maximum absolute atomic E-state index is 12.9. The number of carbonyl (C=O) groups excluding carboxylic acids is 2. The number of hydrogen-bond acceptors (Lipinski definition) is 9. The van der Waals surface area contributed by atoms with Crippen molar-refractivity contribution < 1.29 is 32.4 Å². The van der Waals surface area contributed by atoms with E-state index in [0.29, 0.717) is 41.6 Å². The van der Waals surface area contributed by atoms with E-state index in [1.54, 1.807) is 12.1 Å². The number of fused-ring (bicyclic) bond motifs is 2. The van der Waals surface area contributed by atoms with Crippen LogP contribution in [0.15, 0.2) is 23.6 Å². The lowest BCUT2D eigenvalue weighted by molar-refractivity contribution is -0.380. The Kier molecular flexibility index (Phi) is 4.54. The van der Waals surface area contributed by atoms with Crippen molar-refractivity contribution in [1.82, 2.24) is 4.90 Å². The van der Waals surface area contributed by atoms with E-state index in [2.05, 4.69) is 0 Å². The molecule has 0 radical (unpaired) electrons. The quantitative estimate of drug-likeness (QED) is 0.392. The van der Waals surface area contributed by atoms with Crippen LogP contribution in [-0.4, -0.2) is 55.3 Å². The number of benzene rings is 1. The molecule has 0 saturated heterocycles. The van der Waals surface area contributed by atoms with Gasteiger partial charge in [-0.25, -0.2) is 8.42 Å². The molecule has 10 nitrogen and oxygen atoms in total. The van der Waals surface area contributed by atoms with Crippen LogP contribution in [0.3, 0.4) is 0 Å². The summed E-state index contributed by atoms with van der Waals surface area (Å²) >= 11 is 0.687. The summed E-state index contributed by atoms with van der Waals surface area (Å²) in [5.41, 5.74) is -0.0540. The molecule has 12 heteroatoms. The molecule has 0 N–H and O–H groups in total. The van der Waals surface area contributed by atoms with Gasteiger partial charge < -0.3 is 9.47 Å². The predicted molar refractivity (Wildman–Crippen MR) is 101 cm³/mol. The van der Waals surface area contributed by atoms with Crippen LogP contribution in [0, 0.1) is 10.1 Å². The van der Waals surface area contributed by atoms with Crippen molar-refractivity contribution in [2.45, 2.75) is 6.04 Å². The van der Waals surface area contributed by atoms with Crippen molar-refractivity contribution in [2.24, 2.45) is 0 Å². The molecule has 1 atom stereocenters.